The Balaban J connectivity index is 0.000000432. The van der Waals surface area contributed by atoms with Crippen LogP contribution in [0.15, 0.2) is 29.5 Å². The van der Waals surface area contributed by atoms with Crippen LogP contribution in [0.4, 0.5) is 4.79 Å². The summed E-state index contributed by atoms with van der Waals surface area (Å²) in [6.07, 6.45) is 14.3. The Hall–Kier alpha value is -2.27. The summed E-state index contributed by atoms with van der Waals surface area (Å²) in [5, 5.41) is 5.86. The van der Waals surface area contributed by atoms with Crippen molar-refractivity contribution in [2.75, 3.05) is 6.54 Å². The third-order valence-electron chi connectivity index (χ3n) is 3.60. The maximum atomic E-state index is 10.8. The molecule has 7 nitrogen and oxygen atoms in total. The van der Waals surface area contributed by atoms with Gasteiger partial charge in [-0.15, -0.1) is 0 Å². The highest BCUT2D eigenvalue weighted by Crippen LogP contribution is 2.22. The summed E-state index contributed by atoms with van der Waals surface area (Å²) in [6, 6.07) is -0.459. The van der Waals surface area contributed by atoms with E-state index in [1.54, 1.807) is 0 Å². The number of carbonyl (C=O) groups is 1. The number of nitrogens with zero attached hydrogens (tertiary/aromatic N) is 2. The zero-order chi connectivity index (χ0) is 20.9. The van der Waals surface area contributed by atoms with Crippen molar-refractivity contribution < 1.29 is 9.59 Å². The van der Waals surface area contributed by atoms with Crippen molar-refractivity contribution in [1.29, 1.82) is 0 Å². The van der Waals surface area contributed by atoms with Gasteiger partial charge in [-0.1, -0.05) is 12.2 Å². The number of carbonyl (C=O) groups excluding carboxylic acids is 2. The number of allylic oxidation sites excluding steroid dienone is 2. The molecule has 0 spiro atoms. The first kappa shape index (κ1) is 24.7. The molecular weight excluding hydrogens is 342 g/mol. The Kier molecular flexibility index (Phi) is 11.2. The van der Waals surface area contributed by atoms with E-state index < -0.39 is 6.03 Å². The summed E-state index contributed by atoms with van der Waals surface area (Å²) in [5.41, 5.74) is 4.88. The van der Waals surface area contributed by atoms with E-state index in [4.69, 9.17) is 5.73 Å². The Morgan fingerprint density at radius 1 is 1.22 bits per heavy atom. The highest BCUT2D eigenvalue weighted by molar-refractivity contribution is 5.71. The maximum Gasteiger partial charge on any atom is 0.313 e. The Morgan fingerprint density at radius 2 is 1.89 bits per heavy atom. The molecule has 0 aromatic rings. The van der Waals surface area contributed by atoms with Crippen molar-refractivity contribution in [1.82, 2.24) is 15.5 Å². The molecule has 0 aliphatic carbocycles. The van der Waals surface area contributed by atoms with Gasteiger partial charge in [0.05, 0.1) is 5.54 Å². The summed E-state index contributed by atoms with van der Waals surface area (Å²) in [4.78, 5) is 25.9. The molecule has 2 aliphatic heterocycles. The molecule has 0 aromatic carbocycles. The van der Waals surface area contributed by atoms with E-state index in [0.29, 0.717) is 0 Å². The minimum absolute atomic E-state index is 0.00400. The highest BCUT2D eigenvalue weighted by atomic mass is 16.2. The number of urea groups is 1. The van der Waals surface area contributed by atoms with Gasteiger partial charge in [0.25, 0.3) is 0 Å². The zero-order valence-corrected chi connectivity index (χ0v) is 17.7. The molecular formula is C20H37N5O2. The molecule has 1 atom stereocenters. The van der Waals surface area contributed by atoms with Crippen molar-refractivity contribution >= 4 is 12.1 Å². The van der Waals surface area contributed by atoms with Crippen molar-refractivity contribution in [2.24, 2.45) is 10.7 Å². The fraction of sp³-hybridized carbons (Fsp3) is 0.700. The SMILES string of the molecule is C1=CNCCC1.CC(C)(C)N1C=CCCC1NC(N)=O.CC(C)(C)N=C=O. The van der Waals surface area contributed by atoms with Gasteiger partial charge < -0.3 is 21.3 Å². The molecule has 154 valence electrons. The van der Waals surface area contributed by atoms with Crippen LogP contribution in [-0.2, 0) is 4.79 Å². The predicted octanol–water partition coefficient (Wildman–Crippen LogP) is 3.39. The number of aliphatic imine (C=N–C) groups is 1. The van der Waals surface area contributed by atoms with Crippen LogP contribution in [0, 0.1) is 0 Å². The molecule has 7 heteroatoms. The van der Waals surface area contributed by atoms with Crippen LogP contribution in [0.25, 0.3) is 0 Å². The highest BCUT2D eigenvalue weighted by Gasteiger charge is 2.27. The number of nitrogens with one attached hydrogen (secondary N) is 2. The van der Waals surface area contributed by atoms with Gasteiger partial charge in [-0.25, -0.2) is 14.6 Å². The zero-order valence-electron chi connectivity index (χ0n) is 17.7. The lowest BCUT2D eigenvalue weighted by molar-refractivity contribution is 0.112. The minimum Gasteiger partial charge on any atom is -0.391 e. The quantitative estimate of drug-likeness (QED) is 0.480. The van der Waals surface area contributed by atoms with Gasteiger partial charge in [-0.05, 0) is 79.6 Å². The molecule has 1 unspecified atom stereocenters. The maximum absolute atomic E-state index is 10.8. The van der Waals surface area contributed by atoms with Crippen molar-refractivity contribution in [3.8, 4) is 0 Å². The largest absolute Gasteiger partial charge is 0.391 e. The Morgan fingerprint density at radius 3 is 2.19 bits per heavy atom. The van der Waals surface area contributed by atoms with Crippen molar-refractivity contribution in [3.05, 3.63) is 24.6 Å². The summed E-state index contributed by atoms with van der Waals surface area (Å²) < 4.78 is 0. The van der Waals surface area contributed by atoms with E-state index in [1.807, 2.05) is 33.2 Å². The van der Waals surface area contributed by atoms with Crippen LogP contribution in [0.5, 0.6) is 0 Å². The van der Waals surface area contributed by atoms with E-state index >= 15 is 0 Å². The van der Waals surface area contributed by atoms with Crippen LogP contribution in [0.2, 0.25) is 0 Å². The van der Waals surface area contributed by atoms with Gasteiger partial charge in [-0.3, -0.25) is 0 Å². The third kappa shape index (κ3) is 13.6. The lowest BCUT2D eigenvalue weighted by Crippen LogP contribution is -2.55. The van der Waals surface area contributed by atoms with Gasteiger partial charge in [0.15, 0.2) is 0 Å². The minimum atomic E-state index is -0.459. The summed E-state index contributed by atoms with van der Waals surface area (Å²) in [7, 11) is 0. The molecule has 27 heavy (non-hydrogen) atoms. The summed E-state index contributed by atoms with van der Waals surface area (Å²) in [6.45, 7) is 13.0. The van der Waals surface area contributed by atoms with E-state index in [2.05, 4.69) is 53.4 Å². The lowest BCUT2D eigenvalue weighted by Gasteiger charge is -2.42. The number of hydrogen-bond donors (Lipinski definition) is 3. The Labute approximate surface area is 164 Å². The third-order valence-corrected chi connectivity index (χ3v) is 3.60. The molecule has 2 aliphatic rings. The lowest BCUT2D eigenvalue weighted by atomic mass is 10.0. The molecule has 0 saturated heterocycles. The van der Waals surface area contributed by atoms with Crippen LogP contribution < -0.4 is 16.4 Å². The van der Waals surface area contributed by atoms with Crippen LogP contribution in [0.3, 0.4) is 0 Å². The number of amides is 2. The van der Waals surface area contributed by atoms with Gasteiger partial charge in [-0.2, -0.15) is 0 Å². The average molecular weight is 380 g/mol. The monoisotopic (exact) mass is 379 g/mol. The molecule has 0 radical (unpaired) electrons. The van der Waals surface area contributed by atoms with Gasteiger partial charge in [0.2, 0.25) is 6.08 Å². The predicted molar refractivity (Wildman–Crippen MR) is 111 cm³/mol. The molecule has 0 bridgehead atoms. The molecule has 2 heterocycles. The van der Waals surface area contributed by atoms with Crippen molar-refractivity contribution in [3.63, 3.8) is 0 Å². The van der Waals surface area contributed by atoms with E-state index in [-0.39, 0.29) is 17.2 Å². The van der Waals surface area contributed by atoms with Gasteiger partial charge >= 0.3 is 6.03 Å². The molecule has 0 aromatic heterocycles. The van der Waals surface area contributed by atoms with Crippen LogP contribution >= 0.6 is 0 Å². The number of rotatable bonds is 1. The number of isocyanates is 1. The first-order valence-corrected chi connectivity index (χ1v) is 9.46. The van der Waals surface area contributed by atoms with Crippen molar-refractivity contribution in [2.45, 2.75) is 84.5 Å². The topological polar surface area (TPSA) is 99.8 Å². The fourth-order valence-corrected chi connectivity index (χ4v) is 2.39. The first-order chi connectivity index (χ1) is 12.5. The first-order valence-electron chi connectivity index (χ1n) is 9.46. The summed E-state index contributed by atoms with van der Waals surface area (Å²) in [5.74, 6) is 0. The smallest absolute Gasteiger partial charge is 0.313 e. The molecule has 2 amide bonds. The van der Waals surface area contributed by atoms with E-state index in [1.165, 1.54) is 18.9 Å². The number of nitrogens with two attached hydrogens (primary N) is 1. The molecule has 0 fully saturated rings. The van der Waals surface area contributed by atoms with Gasteiger partial charge in [0, 0.05) is 12.1 Å². The second-order valence-corrected chi connectivity index (χ2v) is 8.44. The van der Waals surface area contributed by atoms with Crippen LogP contribution in [0.1, 0.15) is 67.2 Å². The molecule has 2 rings (SSSR count). The molecule has 0 saturated carbocycles. The molecule has 4 N–H and O–H groups in total. The fourth-order valence-electron chi connectivity index (χ4n) is 2.39. The summed E-state index contributed by atoms with van der Waals surface area (Å²) >= 11 is 0. The second kappa shape index (κ2) is 12.2. The van der Waals surface area contributed by atoms with Gasteiger partial charge in [0.1, 0.15) is 6.17 Å². The normalized spacial score (nSPS) is 18.6. The second-order valence-electron chi connectivity index (χ2n) is 8.44. The van der Waals surface area contributed by atoms with E-state index in [9.17, 15) is 9.59 Å². The van der Waals surface area contributed by atoms with Crippen LogP contribution in [-0.4, -0.2) is 40.8 Å². The number of primary amides is 1. The van der Waals surface area contributed by atoms with E-state index in [0.717, 1.165) is 19.4 Å². The standard InChI is InChI=1S/C10H19N3O.C5H9NO.C5H9N/c1-10(2,3)13-7-5-4-6-8(13)12-9(11)14;1-5(2,3)6-4-7;1-2-4-6-5-3-1/h5,7-8H,4,6H2,1-3H3,(H3,11,12,14);1-3H3;2,4,6H,1,3,5H2. The number of hydrogen-bond acceptors (Lipinski definition) is 5. The average Bonchev–Trinajstić information content (AvgIpc) is 2.55. The Bertz CT molecular complexity index is 530.